The van der Waals surface area contributed by atoms with Crippen molar-refractivity contribution in [2.75, 3.05) is 6.54 Å². The van der Waals surface area contributed by atoms with Crippen molar-refractivity contribution in [3.8, 4) is 0 Å². The Morgan fingerprint density at radius 3 is 2.94 bits per heavy atom. The molecule has 1 saturated heterocycles. The summed E-state index contributed by atoms with van der Waals surface area (Å²) in [6, 6.07) is -0.265. The average Bonchev–Trinajstić information content (AvgIpc) is 2.63. The Hall–Kier alpha value is -0.940. The number of carboxylic acids is 1. The zero-order valence-electron chi connectivity index (χ0n) is 10.9. The Kier molecular flexibility index (Phi) is 4.35. The van der Waals surface area contributed by atoms with Crippen molar-refractivity contribution in [2.45, 2.75) is 51.6 Å². The standard InChI is InChI=1S/C13H20N2O2S/c1-9(11-8-18-10(2)14-11)15-7-5-3-4-6-12(15)13(16)17/h8-9,12H,3-7H2,1-2H3,(H,16,17). The van der Waals surface area contributed by atoms with Gasteiger partial charge in [0, 0.05) is 5.38 Å². The number of aliphatic carboxylic acids is 1. The van der Waals surface area contributed by atoms with Gasteiger partial charge in [-0.05, 0) is 33.2 Å². The van der Waals surface area contributed by atoms with Crippen LogP contribution in [0.1, 0.15) is 49.4 Å². The van der Waals surface area contributed by atoms with Crippen LogP contribution in [0.5, 0.6) is 0 Å². The number of aromatic nitrogens is 1. The highest BCUT2D eigenvalue weighted by Crippen LogP contribution is 2.28. The van der Waals surface area contributed by atoms with Gasteiger partial charge < -0.3 is 5.11 Å². The first-order valence-corrected chi connectivity index (χ1v) is 7.38. The molecule has 18 heavy (non-hydrogen) atoms. The lowest BCUT2D eigenvalue weighted by Crippen LogP contribution is -2.42. The summed E-state index contributed by atoms with van der Waals surface area (Å²) in [4.78, 5) is 18.0. The van der Waals surface area contributed by atoms with Crippen molar-refractivity contribution in [3.63, 3.8) is 0 Å². The summed E-state index contributed by atoms with van der Waals surface area (Å²) in [6.45, 7) is 4.91. The molecule has 1 N–H and O–H groups in total. The van der Waals surface area contributed by atoms with E-state index in [0.717, 1.165) is 42.9 Å². The molecule has 1 aliphatic rings. The lowest BCUT2D eigenvalue weighted by Gasteiger charge is -2.31. The van der Waals surface area contributed by atoms with Crippen molar-refractivity contribution in [3.05, 3.63) is 16.1 Å². The van der Waals surface area contributed by atoms with Crippen molar-refractivity contribution in [1.82, 2.24) is 9.88 Å². The van der Waals surface area contributed by atoms with Gasteiger partial charge in [0.15, 0.2) is 0 Å². The number of hydrogen-bond acceptors (Lipinski definition) is 4. The SMILES string of the molecule is Cc1nc(C(C)N2CCCCCC2C(=O)O)cs1. The van der Waals surface area contributed by atoms with E-state index in [2.05, 4.69) is 16.8 Å². The highest BCUT2D eigenvalue weighted by molar-refractivity contribution is 7.09. The van der Waals surface area contributed by atoms with E-state index >= 15 is 0 Å². The molecule has 2 rings (SSSR count). The molecule has 5 heteroatoms. The summed E-state index contributed by atoms with van der Waals surface area (Å²) in [7, 11) is 0. The molecule has 0 saturated carbocycles. The molecule has 100 valence electrons. The summed E-state index contributed by atoms with van der Waals surface area (Å²) in [5.74, 6) is -0.698. The molecule has 0 aromatic carbocycles. The van der Waals surface area contributed by atoms with E-state index in [1.165, 1.54) is 0 Å². The second-order valence-electron chi connectivity index (χ2n) is 4.91. The van der Waals surface area contributed by atoms with Gasteiger partial charge in [0.2, 0.25) is 0 Å². The molecule has 1 aliphatic heterocycles. The summed E-state index contributed by atoms with van der Waals surface area (Å²) in [6.07, 6.45) is 3.97. The average molecular weight is 268 g/mol. The van der Waals surface area contributed by atoms with Gasteiger partial charge >= 0.3 is 5.97 Å². The zero-order chi connectivity index (χ0) is 13.1. The van der Waals surface area contributed by atoms with Gasteiger partial charge in [-0.25, -0.2) is 4.98 Å². The molecule has 0 amide bonds. The smallest absolute Gasteiger partial charge is 0.320 e. The number of likely N-dealkylation sites (tertiary alicyclic amines) is 1. The molecule has 0 radical (unpaired) electrons. The van der Waals surface area contributed by atoms with Crippen LogP contribution in [0.3, 0.4) is 0 Å². The number of aryl methyl sites for hydroxylation is 1. The van der Waals surface area contributed by atoms with E-state index in [9.17, 15) is 9.90 Å². The summed E-state index contributed by atoms with van der Waals surface area (Å²) >= 11 is 1.63. The number of hydrogen-bond donors (Lipinski definition) is 1. The number of rotatable bonds is 3. The molecule has 2 heterocycles. The Bertz CT molecular complexity index is 419. The number of carboxylic acid groups (broad SMARTS) is 1. The molecule has 1 aromatic heterocycles. The Morgan fingerprint density at radius 1 is 1.56 bits per heavy atom. The number of thiazole rings is 1. The van der Waals surface area contributed by atoms with Crippen LogP contribution < -0.4 is 0 Å². The van der Waals surface area contributed by atoms with Crippen LogP contribution in [-0.4, -0.2) is 33.5 Å². The van der Waals surface area contributed by atoms with E-state index < -0.39 is 5.97 Å². The van der Waals surface area contributed by atoms with Crippen molar-refractivity contribution in [1.29, 1.82) is 0 Å². The van der Waals surface area contributed by atoms with Gasteiger partial charge in [0.25, 0.3) is 0 Å². The molecular weight excluding hydrogens is 248 g/mol. The minimum absolute atomic E-state index is 0.0918. The van der Waals surface area contributed by atoms with E-state index in [4.69, 9.17) is 0 Å². The van der Waals surface area contributed by atoms with E-state index in [0.29, 0.717) is 0 Å². The van der Waals surface area contributed by atoms with Gasteiger partial charge in [-0.3, -0.25) is 9.69 Å². The number of nitrogens with zero attached hydrogens (tertiary/aromatic N) is 2. The minimum atomic E-state index is -0.698. The third-order valence-corrected chi connectivity index (χ3v) is 4.43. The van der Waals surface area contributed by atoms with E-state index in [1.54, 1.807) is 11.3 Å². The quantitative estimate of drug-likeness (QED) is 0.916. The third kappa shape index (κ3) is 2.90. The normalized spacial score (nSPS) is 23.6. The molecule has 0 spiro atoms. The number of carbonyl (C=O) groups is 1. The fraction of sp³-hybridized carbons (Fsp3) is 0.692. The van der Waals surface area contributed by atoms with Gasteiger partial charge in [0.05, 0.1) is 16.7 Å². The Balaban J connectivity index is 2.19. The lowest BCUT2D eigenvalue weighted by atomic mass is 10.1. The van der Waals surface area contributed by atoms with Crippen LogP contribution in [0, 0.1) is 6.92 Å². The maximum absolute atomic E-state index is 11.4. The van der Waals surface area contributed by atoms with Crippen LogP contribution in [0.4, 0.5) is 0 Å². The van der Waals surface area contributed by atoms with Crippen molar-refractivity contribution >= 4 is 17.3 Å². The van der Waals surface area contributed by atoms with Crippen LogP contribution in [0.25, 0.3) is 0 Å². The molecule has 1 fully saturated rings. The second kappa shape index (κ2) is 5.80. The van der Waals surface area contributed by atoms with Crippen LogP contribution in [0.15, 0.2) is 5.38 Å². The minimum Gasteiger partial charge on any atom is -0.480 e. The van der Waals surface area contributed by atoms with E-state index in [-0.39, 0.29) is 12.1 Å². The maximum atomic E-state index is 11.4. The monoisotopic (exact) mass is 268 g/mol. The molecule has 2 unspecified atom stereocenters. The highest BCUT2D eigenvalue weighted by Gasteiger charge is 2.31. The lowest BCUT2D eigenvalue weighted by molar-refractivity contribution is -0.144. The van der Waals surface area contributed by atoms with Gasteiger partial charge in [-0.15, -0.1) is 11.3 Å². The first kappa shape index (κ1) is 13.5. The first-order chi connectivity index (χ1) is 8.59. The predicted molar refractivity (Wildman–Crippen MR) is 71.9 cm³/mol. The van der Waals surface area contributed by atoms with E-state index in [1.807, 2.05) is 12.3 Å². The first-order valence-electron chi connectivity index (χ1n) is 6.50. The van der Waals surface area contributed by atoms with Crippen LogP contribution in [0.2, 0.25) is 0 Å². The fourth-order valence-electron chi connectivity index (χ4n) is 2.60. The topological polar surface area (TPSA) is 53.4 Å². The fourth-order valence-corrected chi connectivity index (χ4v) is 3.30. The van der Waals surface area contributed by atoms with Gasteiger partial charge in [-0.1, -0.05) is 12.8 Å². The predicted octanol–water partition coefficient (Wildman–Crippen LogP) is 2.84. The van der Waals surface area contributed by atoms with Crippen LogP contribution >= 0.6 is 11.3 Å². The molecule has 2 atom stereocenters. The summed E-state index contributed by atoms with van der Waals surface area (Å²) in [5.41, 5.74) is 1.01. The largest absolute Gasteiger partial charge is 0.480 e. The Labute approximate surface area is 112 Å². The molecular formula is C13H20N2O2S. The summed E-state index contributed by atoms with van der Waals surface area (Å²) < 4.78 is 0. The molecule has 0 bridgehead atoms. The van der Waals surface area contributed by atoms with Gasteiger partial charge in [-0.2, -0.15) is 0 Å². The molecule has 4 nitrogen and oxygen atoms in total. The Morgan fingerprint density at radius 2 is 2.33 bits per heavy atom. The highest BCUT2D eigenvalue weighted by atomic mass is 32.1. The third-order valence-electron chi connectivity index (χ3n) is 3.64. The second-order valence-corrected chi connectivity index (χ2v) is 5.97. The summed E-state index contributed by atoms with van der Waals surface area (Å²) in [5, 5.41) is 12.5. The molecule has 1 aromatic rings. The van der Waals surface area contributed by atoms with Crippen molar-refractivity contribution in [2.24, 2.45) is 0 Å². The molecule has 0 aliphatic carbocycles. The maximum Gasteiger partial charge on any atom is 0.320 e. The zero-order valence-corrected chi connectivity index (χ0v) is 11.7. The van der Waals surface area contributed by atoms with Crippen LogP contribution in [-0.2, 0) is 4.79 Å². The van der Waals surface area contributed by atoms with Crippen molar-refractivity contribution < 1.29 is 9.90 Å². The van der Waals surface area contributed by atoms with Gasteiger partial charge in [0.1, 0.15) is 6.04 Å².